The number of benzene rings is 2. The molecule has 32 heavy (non-hydrogen) atoms. The average molecular weight is 461 g/mol. The van der Waals surface area contributed by atoms with Crippen LogP contribution in [-0.2, 0) is 14.8 Å². The van der Waals surface area contributed by atoms with Gasteiger partial charge in [-0.25, -0.2) is 8.42 Å². The highest BCUT2D eigenvalue weighted by atomic mass is 32.2. The summed E-state index contributed by atoms with van der Waals surface area (Å²) >= 11 is 0. The Labute approximate surface area is 188 Å². The summed E-state index contributed by atoms with van der Waals surface area (Å²) in [6.45, 7) is 0.962. The molecule has 0 saturated carbocycles. The number of amides is 1. The normalized spacial score (nSPS) is 14.8. The molecule has 1 amide bonds. The van der Waals surface area contributed by atoms with E-state index in [9.17, 15) is 13.2 Å². The Morgan fingerprint density at radius 2 is 1.59 bits per heavy atom. The lowest BCUT2D eigenvalue weighted by Crippen LogP contribution is -2.35. The van der Waals surface area contributed by atoms with Crippen LogP contribution in [0.4, 0.5) is 5.69 Å². The molecule has 2 aromatic rings. The number of methoxy groups -OCH3 is 3. The number of nitrogens with zero attached hydrogens (tertiary/aromatic N) is 1. The Kier molecular flexibility index (Phi) is 7.76. The van der Waals surface area contributed by atoms with Gasteiger partial charge in [0.15, 0.2) is 0 Å². The molecule has 0 radical (unpaired) electrons. The predicted octanol–water partition coefficient (Wildman–Crippen LogP) is 3.54. The van der Waals surface area contributed by atoms with Gasteiger partial charge in [-0.2, -0.15) is 4.31 Å². The maximum atomic E-state index is 13.1. The summed E-state index contributed by atoms with van der Waals surface area (Å²) in [5.74, 6) is 1.05. The highest BCUT2D eigenvalue weighted by molar-refractivity contribution is 7.89. The molecule has 1 fully saturated rings. The van der Waals surface area contributed by atoms with E-state index in [2.05, 4.69) is 5.32 Å². The molecule has 9 heteroatoms. The zero-order valence-electron chi connectivity index (χ0n) is 18.5. The van der Waals surface area contributed by atoms with Crippen LogP contribution in [0.5, 0.6) is 17.2 Å². The Hall–Kier alpha value is -3.04. The summed E-state index contributed by atoms with van der Waals surface area (Å²) in [7, 11) is 0.802. The van der Waals surface area contributed by atoms with E-state index in [1.807, 2.05) is 0 Å². The van der Waals surface area contributed by atoms with Crippen molar-refractivity contribution in [3.8, 4) is 17.2 Å². The van der Waals surface area contributed by atoms with Crippen LogP contribution in [0.3, 0.4) is 0 Å². The highest BCUT2D eigenvalue weighted by Crippen LogP contribution is 2.31. The van der Waals surface area contributed by atoms with Crippen LogP contribution >= 0.6 is 0 Å². The molecule has 1 saturated heterocycles. The molecule has 0 aliphatic carbocycles. The molecular weight excluding hydrogens is 432 g/mol. The monoisotopic (exact) mass is 460 g/mol. The van der Waals surface area contributed by atoms with Crippen LogP contribution in [0.2, 0.25) is 0 Å². The van der Waals surface area contributed by atoms with Gasteiger partial charge in [0, 0.05) is 30.9 Å². The van der Waals surface area contributed by atoms with Gasteiger partial charge in [-0.3, -0.25) is 4.79 Å². The smallest absolute Gasteiger partial charge is 0.248 e. The lowest BCUT2D eigenvalue weighted by molar-refractivity contribution is -0.111. The standard InChI is InChI=1S/C23H28N2O6S/c1-29-19-13-17(14-20(16-19)30-2)7-10-23(26)24-18-8-9-21(31-3)22(15-18)32(27,28)25-11-5-4-6-12-25/h7-10,13-16H,4-6,11-12H2,1-3H3,(H,24,26)/b10-7+. The van der Waals surface area contributed by atoms with E-state index in [-0.39, 0.29) is 10.6 Å². The van der Waals surface area contributed by atoms with E-state index < -0.39 is 15.9 Å². The first-order valence-corrected chi connectivity index (χ1v) is 11.7. The van der Waals surface area contributed by atoms with Crippen molar-refractivity contribution in [2.24, 2.45) is 0 Å². The van der Waals surface area contributed by atoms with Gasteiger partial charge in [-0.15, -0.1) is 0 Å². The number of rotatable bonds is 8. The zero-order chi connectivity index (χ0) is 23.1. The van der Waals surface area contributed by atoms with Crippen molar-refractivity contribution < 1.29 is 27.4 Å². The molecule has 172 valence electrons. The summed E-state index contributed by atoms with van der Waals surface area (Å²) in [6.07, 6.45) is 5.66. The number of sulfonamides is 1. The molecule has 0 atom stereocenters. The lowest BCUT2D eigenvalue weighted by atomic mass is 10.2. The minimum Gasteiger partial charge on any atom is -0.497 e. The zero-order valence-corrected chi connectivity index (χ0v) is 19.3. The second kappa shape index (κ2) is 10.5. The van der Waals surface area contributed by atoms with E-state index in [0.29, 0.717) is 30.3 Å². The molecule has 2 aromatic carbocycles. The van der Waals surface area contributed by atoms with Gasteiger partial charge < -0.3 is 19.5 Å². The molecular formula is C23H28N2O6S. The number of piperidine rings is 1. The number of carbonyl (C=O) groups is 1. The van der Waals surface area contributed by atoms with Crippen LogP contribution in [0.15, 0.2) is 47.4 Å². The third-order valence-electron chi connectivity index (χ3n) is 5.16. The number of nitrogens with one attached hydrogen (secondary N) is 1. The number of carbonyl (C=O) groups excluding carboxylic acids is 1. The molecule has 1 aliphatic heterocycles. The Bertz CT molecular complexity index is 1070. The van der Waals surface area contributed by atoms with Gasteiger partial charge >= 0.3 is 0 Å². The molecule has 0 aromatic heterocycles. The van der Waals surface area contributed by atoms with Gasteiger partial charge in [0.05, 0.1) is 21.3 Å². The van der Waals surface area contributed by atoms with Gasteiger partial charge in [-0.1, -0.05) is 6.42 Å². The van der Waals surface area contributed by atoms with Gasteiger partial charge in [0.2, 0.25) is 15.9 Å². The minimum absolute atomic E-state index is 0.0428. The van der Waals surface area contributed by atoms with E-state index in [4.69, 9.17) is 14.2 Å². The molecule has 0 spiro atoms. The van der Waals surface area contributed by atoms with Crippen molar-refractivity contribution in [2.45, 2.75) is 24.2 Å². The second-order valence-corrected chi connectivity index (χ2v) is 9.21. The van der Waals surface area contributed by atoms with Crippen LogP contribution in [0, 0.1) is 0 Å². The van der Waals surface area contributed by atoms with Crippen molar-refractivity contribution in [1.82, 2.24) is 4.31 Å². The van der Waals surface area contributed by atoms with E-state index in [0.717, 1.165) is 24.8 Å². The highest BCUT2D eigenvalue weighted by Gasteiger charge is 2.29. The first-order valence-electron chi connectivity index (χ1n) is 10.3. The van der Waals surface area contributed by atoms with Crippen LogP contribution < -0.4 is 19.5 Å². The quantitative estimate of drug-likeness (QED) is 0.606. The summed E-state index contributed by atoms with van der Waals surface area (Å²) in [6, 6.07) is 9.85. The summed E-state index contributed by atoms with van der Waals surface area (Å²) in [4.78, 5) is 12.5. The lowest BCUT2D eigenvalue weighted by Gasteiger charge is -2.26. The minimum atomic E-state index is -3.72. The third kappa shape index (κ3) is 5.60. The maximum absolute atomic E-state index is 13.1. The summed E-state index contributed by atoms with van der Waals surface area (Å²) in [5, 5.41) is 2.71. The fraction of sp³-hybridized carbons (Fsp3) is 0.348. The van der Waals surface area contributed by atoms with Crippen LogP contribution in [0.25, 0.3) is 6.08 Å². The Morgan fingerprint density at radius 1 is 0.938 bits per heavy atom. The Morgan fingerprint density at radius 3 is 2.19 bits per heavy atom. The number of hydrogen-bond acceptors (Lipinski definition) is 6. The third-order valence-corrected chi connectivity index (χ3v) is 7.08. The largest absolute Gasteiger partial charge is 0.497 e. The van der Waals surface area contributed by atoms with Gasteiger partial charge in [0.25, 0.3) is 0 Å². The van der Waals surface area contributed by atoms with Crippen molar-refractivity contribution >= 4 is 27.7 Å². The first-order chi connectivity index (χ1) is 15.4. The van der Waals surface area contributed by atoms with E-state index in [1.54, 1.807) is 50.6 Å². The van der Waals surface area contributed by atoms with Gasteiger partial charge in [-0.05, 0) is 54.8 Å². The summed E-state index contributed by atoms with van der Waals surface area (Å²) in [5.41, 5.74) is 1.08. The molecule has 0 bridgehead atoms. The molecule has 3 rings (SSSR count). The van der Waals surface area contributed by atoms with E-state index in [1.165, 1.54) is 23.6 Å². The van der Waals surface area contributed by atoms with Crippen molar-refractivity contribution in [2.75, 3.05) is 39.7 Å². The molecule has 8 nitrogen and oxygen atoms in total. The van der Waals surface area contributed by atoms with E-state index >= 15 is 0 Å². The fourth-order valence-corrected chi connectivity index (χ4v) is 5.18. The number of hydrogen-bond donors (Lipinski definition) is 1. The topological polar surface area (TPSA) is 94.2 Å². The second-order valence-electron chi connectivity index (χ2n) is 7.30. The SMILES string of the molecule is COc1cc(/C=C/C(=O)Nc2ccc(OC)c(S(=O)(=O)N3CCCCC3)c2)cc(OC)c1. The van der Waals surface area contributed by atoms with Gasteiger partial charge in [0.1, 0.15) is 22.1 Å². The summed E-state index contributed by atoms with van der Waals surface area (Å²) < 4.78 is 43.5. The Balaban J connectivity index is 1.80. The first kappa shape index (κ1) is 23.6. The van der Waals surface area contributed by atoms with Crippen molar-refractivity contribution in [1.29, 1.82) is 0 Å². The van der Waals surface area contributed by atoms with Crippen LogP contribution in [0.1, 0.15) is 24.8 Å². The molecule has 1 heterocycles. The molecule has 1 N–H and O–H groups in total. The van der Waals surface area contributed by atoms with Crippen molar-refractivity contribution in [3.63, 3.8) is 0 Å². The number of anilines is 1. The fourth-order valence-electron chi connectivity index (χ4n) is 3.48. The molecule has 0 unspecified atom stereocenters. The van der Waals surface area contributed by atoms with Crippen molar-refractivity contribution in [3.05, 3.63) is 48.0 Å². The number of ether oxygens (including phenoxy) is 3. The molecule has 1 aliphatic rings. The average Bonchev–Trinajstić information content (AvgIpc) is 2.83. The van der Waals surface area contributed by atoms with Crippen LogP contribution in [-0.4, -0.2) is 53.0 Å². The predicted molar refractivity (Wildman–Crippen MR) is 123 cm³/mol. The maximum Gasteiger partial charge on any atom is 0.248 e.